The highest BCUT2D eigenvalue weighted by molar-refractivity contribution is 7.13. The van der Waals surface area contributed by atoms with Crippen LogP contribution in [0.25, 0.3) is 10.6 Å². The van der Waals surface area contributed by atoms with Crippen LogP contribution in [0.5, 0.6) is 5.75 Å². The summed E-state index contributed by atoms with van der Waals surface area (Å²) in [5, 5.41) is 2.93. The van der Waals surface area contributed by atoms with Gasteiger partial charge in [-0.1, -0.05) is 12.1 Å². The summed E-state index contributed by atoms with van der Waals surface area (Å²) in [7, 11) is 1.24. The normalized spacial score (nSPS) is 19.4. The predicted molar refractivity (Wildman–Crippen MR) is 89.8 cm³/mol. The number of methoxy groups -OCH3 is 1. The van der Waals surface area contributed by atoms with Gasteiger partial charge in [0, 0.05) is 22.6 Å². The number of ether oxygens (including phenoxy) is 1. The van der Waals surface area contributed by atoms with Crippen molar-refractivity contribution < 1.29 is 14.0 Å². The molecule has 22 heavy (non-hydrogen) atoms. The monoisotopic (exact) mass is 317 g/mol. The van der Waals surface area contributed by atoms with E-state index in [4.69, 9.17) is 14.0 Å². The zero-order chi connectivity index (χ0) is 16.0. The van der Waals surface area contributed by atoms with Crippen LogP contribution in [-0.2, 0) is 9.31 Å². The number of hydrogen-bond acceptors (Lipinski definition) is 5. The van der Waals surface area contributed by atoms with Gasteiger partial charge in [-0.3, -0.25) is 0 Å². The highest BCUT2D eigenvalue weighted by Crippen LogP contribution is 2.37. The Kier molecular flexibility index (Phi) is 3.79. The lowest BCUT2D eigenvalue weighted by molar-refractivity contribution is 0.00578. The predicted octanol–water partition coefficient (Wildman–Crippen LogP) is 3.12. The van der Waals surface area contributed by atoms with Crippen LogP contribution < -0.4 is 10.2 Å². The van der Waals surface area contributed by atoms with E-state index in [0.717, 1.165) is 21.8 Å². The van der Waals surface area contributed by atoms with E-state index in [-0.39, 0.29) is 11.2 Å². The highest BCUT2D eigenvalue weighted by Gasteiger charge is 2.52. The van der Waals surface area contributed by atoms with Crippen molar-refractivity contribution in [2.45, 2.75) is 38.9 Å². The maximum Gasteiger partial charge on any atom is 0.498 e. The van der Waals surface area contributed by atoms with E-state index in [1.807, 2.05) is 51.3 Å². The molecule has 3 rings (SSSR count). The molecular weight excluding hydrogens is 297 g/mol. The minimum atomic E-state index is -0.426. The summed E-state index contributed by atoms with van der Waals surface area (Å²) in [4.78, 5) is 4.34. The first kappa shape index (κ1) is 15.5. The molecule has 0 aliphatic carbocycles. The van der Waals surface area contributed by atoms with Gasteiger partial charge in [-0.25, -0.2) is 4.98 Å². The van der Waals surface area contributed by atoms with Crippen molar-refractivity contribution in [1.82, 2.24) is 4.98 Å². The van der Waals surface area contributed by atoms with Gasteiger partial charge in [0.15, 0.2) is 0 Å². The van der Waals surface area contributed by atoms with E-state index < -0.39 is 7.12 Å². The van der Waals surface area contributed by atoms with Gasteiger partial charge in [-0.05, 0) is 33.8 Å². The zero-order valence-corrected chi connectivity index (χ0v) is 14.4. The van der Waals surface area contributed by atoms with Crippen LogP contribution >= 0.6 is 11.3 Å². The second-order valence-electron chi connectivity index (χ2n) is 6.38. The molecule has 0 radical (unpaired) electrons. The Morgan fingerprint density at radius 2 is 1.82 bits per heavy atom. The minimum Gasteiger partial charge on any atom is -0.497 e. The van der Waals surface area contributed by atoms with Crippen molar-refractivity contribution in [3.63, 3.8) is 0 Å². The van der Waals surface area contributed by atoms with Crippen LogP contribution in [0, 0.1) is 0 Å². The molecule has 1 aliphatic heterocycles. The summed E-state index contributed by atoms with van der Waals surface area (Å²) < 4.78 is 17.8. The number of thiazole rings is 1. The molecule has 6 heteroatoms. The molecular formula is C16H20BNO3S. The summed E-state index contributed by atoms with van der Waals surface area (Å²) >= 11 is 1.60. The molecule has 0 atom stereocenters. The van der Waals surface area contributed by atoms with Crippen molar-refractivity contribution >= 4 is 23.9 Å². The second-order valence-corrected chi connectivity index (χ2v) is 7.28. The Hall–Kier alpha value is -1.37. The van der Waals surface area contributed by atoms with Crippen molar-refractivity contribution in [3.8, 4) is 16.3 Å². The molecule has 4 nitrogen and oxygen atoms in total. The Morgan fingerprint density at radius 3 is 2.36 bits per heavy atom. The molecule has 0 N–H and O–H groups in total. The van der Waals surface area contributed by atoms with Crippen LogP contribution in [-0.4, -0.2) is 30.4 Å². The third kappa shape index (κ3) is 2.55. The van der Waals surface area contributed by atoms with Gasteiger partial charge in [0.2, 0.25) is 0 Å². The number of nitrogens with zero attached hydrogens (tertiary/aromatic N) is 1. The Bertz CT molecular complexity index is 654. The molecule has 1 saturated heterocycles. The Balaban J connectivity index is 1.95. The van der Waals surface area contributed by atoms with Crippen LogP contribution in [0.1, 0.15) is 27.7 Å². The molecule has 116 valence electrons. The first-order valence-electron chi connectivity index (χ1n) is 7.27. The van der Waals surface area contributed by atoms with Crippen LogP contribution in [0.2, 0.25) is 0 Å². The van der Waals surface area contributed by atoms with Crippen molar-refractivity contribution in [1.29, 1.82) is 0 Å². The molecule has 0 spiro atoms. The summed E-state index contributed by atoms with van der Waals surface area (Å²) in [6, 6.07) is 6.01. The number of aromatic nitrogens is 1. The third-order valence-corrected chi connectivity index (χ3v) is 5.24. The lowest BCUT2D eigenvalue weighted by atomic mass is 9.78. The van der Waals surface area contributed by atoms with Crippen LogP contribution in [0.15, 0.2) is 29.8 Å². The van der Waals surface area contributed by atoms with Gasteiger partial charge >= 0.3 is 7.12 Å². The molecule has 2 heterocycles. The van der Waals surface area contributed by atoms with Gasteiger partial charge < -0.3 is 14.0 Å². The molecule has 0 bridgehead atoms. The summed E-state index contributed by atoms with van der Waals surface area (Å²) in [5.41, 5.74) is 1.21. The average Bonchev–Trinajstić information content (AvgIpc) is 3.05. The molecule has 1 aromatic carbocycles. The topological polar surface area (TPSA) is 40.6 Å². The van der Waals surface area contributed by atoms with E-state index in [0.29, 0.717) is 0 Å². The van der Waals surface area contributed by atoms with E-state index in [2.05, 4.69) is 4.98 Å². The van der Waals surface area contributed by atoms with E-state index in [1.54, 1.807) is 24.6 Å². The standard InChI is InChI=1S/C16H20BNO3S/c1-15(2)16(3,4)21-17(20-15)12-7-6-11(10-13(12)19-5)14-18-8-9-22-14/h6-10H,1-5H3. The lowest BCUT2D eigenvalue weighted by Gasteiger charge is -2.32. The van der Waals surface area contributed by atoms with Gasteiger partial charge in [0.25, 0.3) is 0 Å². The molecule has 1 fully saturated rings. The number of hydrogen-bond donors (Lipinski definition) is 0. The SMILES string of the molecule is COc1cc(-c2nccs2)ccc1B1OC(C)(C)C(C)(C)O1. The summed E-state index contributed by atoms with van der Waals surface area (Å²) in [5.74, 6) is 0.756. The molecule has 0 unspecified atom stereocenters. The molecule has 0 saturated carbocycles. The van der Waals surface area contributed by atoms with E-state index in [1.165, 1.54) is 0 Å². The van der Waals surface area contributed by atoms with Crippen molar-refractivity contribution in [2.75, 3.05) is 7.11 Å². The van der Waals surface area contributed by atoms with Gasteiger partial charge in [-0.15, -0.1) is 11.3 Å². The molecule has 0 amide bonds. The number of rotatable bonds is 3. The van der Waals surface area contributed by atoms with Gasteiger partial charge in [-0.2, -0.15) is 0 Å². The summed E-state index contributed by atoms with van der Waals surface area (Å²) in [6.45, 7) is 8.18. The molecule has 1 aromatic heterocycles. The maximum absolute atomic E-state index is 6.11. The smallest absolute Gasteiger partial charge is 0.497 e. The Morgan fingerprint density at radius 1 is 1.14 bits per heavy atom. The number of benzene rings is 1. The summed E-state index contributed by atoms with van der Waals surface area (Å²) in [6.07, 6.45) is 1.80. The quantitative estimate of drug-likeness (QED) is 0.816. The van der Waals surface area contributed by atoms with Crippen LogP contribution in [0.4, 0.5) is 0 Å². The fraction of sp³-hybridized carbons (Fsp3) is 0.438. The van der Waals surface area contributed by atoms with Crippen molar-refractivity contribution in [3.05, 3.63) is 29.8 Å². The maximum atomic E-state index is 6.11. The minimum absolute atomic E-state index is 0.364. The third-order valence-electron chi connectivity index (χ3n) is 4.42. The second kappa shape index (κ2) is 5.37. The van der Waals surface area contributed by atoms with E-state index in [9.17, 15) is 0 Å². The molecule has 2 aromatic rings. The Labute approximate surface area is 135 Å². The fourth-order valence-electron chi connectivity index (χ4n) is 2.37. The largest absolute Gasteiger partial charge is 0.498 e. The first-order chi connectivity index (χ1) is 10.3. The van der Waals surface area contributed by atoms with Crippen molar-refractivity contribution in [2.24, 2.45) is 0 Å². The molecule has 1 aliphatic rings. The lowest BCUT2D eigenvalue weighted by Crippen LogP contribution is -2.41. The van der Waals surface area contributed by atoms with Crippen LogP contribution in [0.3, 0.4) is 0 Å². The van der Waals surface area contributed by atoms with Gasteiger partial charge in [0.1, 0.15) is 10.8 Å². The fourth-order valence-corrected chi connectivity index (χ4v) is 3.01. The highest BCUT2D eigenvalue weighted by atomic mass is 32.1. The van der Waals surface area contributed by atoms with E-state index >= 15 is 0 Å². The van der Waals surface area contributed by atoms with Gasteiger partial charge in [0.05, 0.1) is 18.3 Å². The first-order valence-corrected chi connectivity index (χ1v) is 8.15. The zero-order valence-electron chi connectivity index (χ0n) is 13.5. The average molecular weight is 317 g/mol.